The number of hydrogen-bond donors (Lipinski definition) is 0. The topological polar surface area (TPSA) is 22.0 Å². The van der Waals surface area contributed by atoms with E-state index in [1.807, 2.05) is 13.1 Å². The van der Waals surface area contributed by atoms with Crippen LogP contribution in [0, 0.1) is 24.3 Å². The summed E-state index contributed by atoms with van der Waals surface area (Å²) in [5.41, 5.74) is 4.75. The van der Waals surface area contributed by atoms with E-state index in [0.29, 0.717) is 6.54 Å². The fraction of sp³-hybridized carbons (Fsp3) is 0.267. The van der Waals surface area contributed by atoms with Crippen molar-refractivity contribution in [1.82, 2.24) is 4.57 Å². The van der Waals surface area contributed by atoms with E-state index in [0.717, 1.165) is 9.13 Å². The summed E-state index contributed by atoms with van der Waals surface area (Å²) >= 11 is 2.26. The number of aryl methyl sites for hydroxylation is 3. The Bertz CT molecular complexity index is 623. The molecule has 0 unspecified atom stereocenters. The molecule has 2 nitrogen and oxygen atoms in total. The van der Waals surface area contributed by atoms with Gasteiger partial charge in [-0.15, -0.1) is 0 Å². The lowest BCUT2D eigenvalue weighted by atomic mass is 10.1. The average molecular weight is 353 g/mol. The lowest BCUT2D eigenvalue weighted by molar-refractivity contribution is 0.752. The molecule has 1 aromatic heterocycles. The molecule has 0 atom stereocenters. The van der Waals surface area contributed by atoms with E-state index in [1.54, 1.807) is 10.6 Å². The summed E-state index contributed by atoms with van der Waals surface area (Å²) in [5, 5.41) is 0. The molecule has 0 spiro atoms. The third-order valence-electron chi connectivity index (χ3n) is 2.90. The van der Waals surface area contributed by atoms with Crippen LogP contribution in [0.3, 0.4) is 0 Å². The third-order valence-corrected chi connectivity index (χ3v) is 4.03. The van der Waals surface area contributed by atoms with Crippen molar-refractivity contribution in [3.05, 3.63) is 66.6 Å². The van der Waals surface area contributed by atoms with Gasteiger partial charge in [-0.05, 0) is 54.5 Å². The number of halogens is 1. The van der Waals surface area contributed by atoms with Crippen molar-refractivity contribution in [2.24, 2.45) is 0 Å². The van der Waals surface area contributed by atoms with Gasteiger partial charge in [-0.2, -0.15) is 0 Å². The van der Waals surface area contributed by atoms with Crippen LogP contribution in [-0.4, -0.2) is 4.57 Å². The highest BCUT2D eigenvalue weighted by Crippen LogP contribution is 2.12. The van der Waals surface area contributed by atoms with E-state index in [2.05, 4.69) is 54.6 Å². The van der Waals surface area contributed by atoms with Crippen molar-refractivity contribution < 1.29 is 0 Å². The van der Waals surface area contributed by atoms with Crippen LogP contribution in [-0.2, 0) is 6.54 Å². The molecule has 0 aliphatic rings. The zero-order valence-electron chi connectivity index (χ0n) is 10.8. The van der Waals surface area contributed by atoms with Crippen molar-refractivity contribution in [2.45, 2.75) is 27.3 Å². The van der Waals surface area contributed by atoms with Gasteiger partial charge in [-0.25, -0.2) is 0 Å². The second-order valence-corrected chi connectivity index (χ2v) is 5.93. The van der Waals surface area contributed by atoms with Crippen LogP contribution in [0.5, 0.6) is 0 Å². The molecular weight excluding hydrogens is 337 g/mol. The van der Waals surface area contributed by atoms with E-state index >= 15 is 0 Å². The number of pyridine rings is 1. The molecule has 1 heterocycles. The van der Waals surface area contributed by atoms with Crippen molar-refractivity contribution >= 4 is 22.6 Å². The Balaban J connectivity index is 2.40. The molecule has 94 valence electrons. The normalized spacial score (nSPS) is 10.7. The average Bonchev–Trinajstić information content (AvgIpc) is 2.24. The summed E-state index contributed by atoms with van der Waals surface area (Å²) in [6, 6.07) is 8.11. The first-order chi connectivity index (χ1) is 8.45. The maximum absolute atomic E-state index is 11.9. The number of rotatable bonds is 2. The molecule has 0 aliphatic carbocycles. The zero-order chi connectivity index (χ0) is 13.3. The standard InChI is InChI=1S/C15H16INO/c1-10-4-11(2)6-13(5-10)8-17-9-14(16)12(3)7-15(17)18/h4-7,9H,8H2,1-3H3. The predicted molar refractivity (Wildman–Crippen MR) is 83.2 cm³/mol. The van der Waals surface area contributed by atoms with Crippen LogP contribution in [0.4, 0.5) is 0 Å². The Morgan fingerprint density at radius 2 is 1.67 bits per heavy atom. The Kier molecular flexibility index (Phi) is 3.90. The van der Waals surface area contributed by atoms with Gasteiger partial charge in [0.05, 0.1) is 6.54 Å². The van der Waals surface area contributed by atoms with Crippen LogP contribution in [0.2, 0.25) is 0 Å². The van der Waals surface area contributed by atoms with E-state index in [4.69, 9.17) is 0 Å². The summed E-state index contributed by atoms with van der Waals surface area (Å²) in [5.74, 6) is 0. The van der Waals surface area contributed by atoms with Crippen LogP contribution in [0.25, 0.3) is 0 Å². The van der Waals surface area contributed by atoms with Gasteiger partial charge in [-0.1, -0.05) is 29.3 Å². The number of aromatic nitrogens is 1. The van der Waals surface area contributed by atoms with Crippen molar-refractivity contribution in [1.29, 1.82) is 0 Å². The molecule has 0 N–H and O–H groups in total. The molecule has 1 aromatic carbocycles. The Morgan fingerprint density at radius 3 is 2.28 bits per heavy atom. The summed E-state index contributed by atoms with van der Waals surface area (Å²) in [6.07, 6.45) is 1.93. The number of benzene rings is 1. The lowest BCUT2D eigenvalue weighted by Crippen LogP contribution is -2.20. The fourth-order valence-corrected chi connectivity index (χ4v) is 2.61. The molecule has 3 heteroatoms. The molecule has 0 fully saturated rings. The first-order valence-corrected chi connectivity index (χ1v) is 6.97. The molecule has 0 radical (unpaired) electrons. The van der Waals surface area contributed by atoms with Gasteiger partial charge in [0.25, 0.3) is 5.56 Å². The minimum absolute atomic E-state index is 0.0621. The van der Waals surface area contributed by atoms with Gasteiger partial charge >= 0.3 is 0 Å². The molecule has 0 saturated heterocycles. The van der Waals surface area contributed by atoms with E-state index in [1.165, 1.54) is 16.7 Å². The summed E-state index contributed by atoms with van der Waals surface area (Å²) in [6.45, 7) is 6.76. The predicted octanol–water partition coefficient (Wildman–Crippen LogP) is 3.43. The van der Waals surface area contributed by atoms with Gasteiger partial charge in [-0.3, -0.25) is 4.79 Å². The van der Waals surface area contributed by atoms with Crippen molar-refractivity contribution in [3.63, 3.8) is 0 Å². The fourth-order valence-electron chi connectivity index (χ4n) is 2.12. The van der Waals surface area contributed by atoms with Crippen LogP contribution in [0.1, 0.15) is 22.3 Å². The maximum atomic E-state index is 11.9. The minimum atomic E-state index is 0.0621. The highest BCUT2D eigenvalue weighted by atomic mass is 127. The maximum Gasteiger partial charge on any atom is 0.251 e. The summed E-state index contributed by atoms with van der Waals surface area (Å²) < 4.78 is 2.89. The largest absolute Gasteiger partial charge is 0.310 e. The first-order valence-electron chi connectivity index (χ1n) is 5.89. The molecule has 18 heavy (non-hydrogen) atoms. The highest BCUT2D eigenvalue weighted by Gasteiger charge is 2.03. The van der Waals surface area contributed by atoms with Gasteiger partial charge in [0.1, 0.15) is 0 Å². The number of hydrogen-bond acceptors (Lipinski definition) is 1. The Hall–Kier alpha value is -1.10. The van der Waals surface area contributed by atoms with Gasteiger partial charge in [0.15, 0.2) is 0 Å². The smallest absolute Gasteiger partial charge is 0.251 e. The van der Waals surface area contributed by atoms with Crippen LogP contribution in [0.15, 0.2) is 35.3 Å². The summed E-state index contributed by atoms with van der Waals surface area (Å²) in [7, 11) is 0. The molecule has 2 aromatic rings. The highest BCUT2D eigenvalue weighted by molar-refractivity contribution is 14.1. The number of nitrogens with zero attached hydrogens (tertiary/aromatic N) is 1. The molecule has 0 aliphatic heterocycles. The minimum Gasteiger partial charge on any atom is -0.310 e. The SMILES string of the molecule is Cc1cc(C)cc(Cn2cc(I)c(C)cc2=O)c1. The third kappa shape index (κ3) is 3.02. The second-order valence-electron chi connectivity index (χ2n) is 4.77. The van der Waals surface area contributed by atoms with Crippen molar-refractivity contribution in [3.8, 4) is 0 Å². The van der Waals surface area contributed by atoms with Crippen LogP contribution >= 0.6 is 22.6 Å². The molecule has 2 rings (SSSR count). The van der Waals surface area contributed by atoms with E-state index in [9.17, 15) is 4.79 Å². The van der Waals surface area contributed by atoms with Crippen LogP contribution < -0.4 is 5.56 Å². The second kappa shape index (κ2) is 5.26. The first kappa shape index (κ1) is 13.3. The Morgan fingerprint density at radius 1 is 1.06 bits per heavy atom. The lowest BCUT2D eigenvalue weighted by Gasteiger charge is -2.09. The Labute approximate surface area is 121 Å². The van der Waals surface area contributed by atoms with E-state index < -0.39 is 0 Å². The zero-order valence-corrected chi connectivity index (χ0v) is 13.0. The van der Waals surface area contributed by atoms with Gasteiger partial charge in [0.2, 0.25) is 0 Å². The summed E-state index contributed by atoms with van der Waals surface area (Å²) in [4.78, 5) is 11.9. The molecule has 0 amide bonds. The monoisotopic (exact) mass is 353 g/mol. The van der Waals surface area contributed by atoms with E-state index in [-0.39, 0.29) is 5.56 Å². The molecule has 0 bridgehead atoms. The van der Waals surface area contributed by atoms with Crippen molar-refractivity contribution in [2.75, 3.05) is 0 Å². The van der Waals surface area contributed by atoms with Gasteiger partial charge < -0.3 is 4.57 Å². The molecular formula is C15H16INO. The quantitative estimate of drug-likeness (QED) is 0.759. The molecule has 0 saturated carbocycles. The van der Waals surface area contributed by atoms with Gasteiger partial charge in [0, 0.05) is 15.8 Å².